The van der Waals surface area contributed by atoms with Crippen LogP contribution in [-0.4, -0.2) is 16.1 Å². The number of carboxylic acid groups (broad SMARTS) is 1. The Kier molecular flexibility index (Phi) is 4.50. The number of aryl methyl sites for hydroxylation is 1. The van der Waals surface area contributed by atoms with Crippen LogP contribution < -0.4 is 4.74 Å². The van der Waals surface area contributed by atoms with E-state index in [-0.39, 0.29) is 0 Å². The van der Waals surface area contributed by atoms with Crippen LogP contribution in [0.4, 0.5) is 0 Å². The minimum atomic E-state index is -0.985. The molecule has 1 aromatic carbocycles. The van der Waals surface area contributed by atoms with Gasteiger partial charge in [-0.05, 0) is 41.8 Å². The summed E-state index contributed by atoms with van der Waals surface area (Å²) in [5, 5.41) is 8.54. The fourth-order valence-corrected chi connectivity index (χ4v) is 1.67. The van der Waals surface area contributed by atoms with Gasteiger partial charge in [0, 0.05) is 18.3 Å². The minimum absolute atomic E-state index is 0.478. The van der Waals surface area contributed by atoms with Gasteiger partial charge in [-0.2, -0.15) is 0 Å². The van der Waals surface area contributed by atoms with Gasteiger partial charge >= 0.3 is 5.97 Å². The average molecular weight is 269 g/mol. The molecule has 0 saturated carbocycles. The molecule has 0 radical (unpaired) electrons. The Labute approximate surface area is 117 Å². The van der Waals surface area contributed by atoms with Crippen LogP contribution in [0.2, 0.25) is 0 Å². The van der Waals surface area contributed by atoms with Crippen molar-refractivity contribution in [3.8, 4) is 11.6 Å². The third kappa shape index (κ3) is 3.95. The third-order valence-corrected chi connectivity index (χ3v) is 2.71. The number of rotatable bonds is 5. The summed E-state index contributed by atoms with van der Waals surface area (Å²) < 4.78 is 5.65. The molecule has 0 amide bonds. The molecule has 0 atom stereocenters. The highest BCUT2D eigenvalue weighted by molar-refractivity contribution is 5.85. The molecule has 0 bridgehead atoms. The summed E-state index contributed by atoms with van der Waals surface area (Å²) in [7, 11) is 0. The standard InChI is InChI=1S/C16H15NO3/c1-2-12-4-3-5-14(10-12)20-15-8-6-13(11-17-15)7-9-16(18)19/h3-11H,2H2,1H3,(H,18,19)/b9-7+. The maximum atomic E-state index is 10.4. The molecule has 1 aromatic heterocycles. The molecule has 0 aliphatic rings. The van der Waals surface area contributed by atoms with E-state index >= 15 is 0 Å². The third-order valence-electron chi connectivity index (χ3n) is 2.71. The second-order valence-electron chi connectivity index (χ2n) is 4.20. The van der Waals surface area contributed by atoms with Gasteiger partial charge in [-0.1, -0.05) is 19.1 Å². The van der Waals surface area contributed by atoms with Gasteiger partial charge in [-0.3, -0.25) is 0 Å². The zero-order valence-corrected chi connectivity index (χ0v) is 11.1. The fourth-order valence-electron chi connectivity index (χ4n) is 1.67. The van der Waals surface area contributed by atoms with Crippen molar-refractivity contribution in [3.63, 3.8) is 0 Å². The molecule has 20 heavy (non-hydrogen) atoms. The first kappa shape index (κ1) is 13.8. The molecule has 1 heterocycles. The summed E-state index contributed by atoms with van der Waals surface area (Å²) in [5.74, 6) is 0.234. The van der Waals surface area contributed by atoms with E-state index in [0.717, 1.165) is 18.2 Å². The van der Waals surface area contributed by atoms with Gasteiger partial charge in [-0.25, -0.2) is 9.78 Å². The van der Waals surface area contributed by atoms with Gasteiger partial charge in [0.25, 0.3) is 0 Å². The maximum absolute atomic E-state index is 10.4. The molecule has 4 nitrogen and oxygen atoms in total. The van der Waals surface area contributed by atoms with Crippen LogP contribution in [0.15, 0.2) is 48.7 Å². The molecule has 0 aliphatic carbocycles. The molecule has 1 N–H and O–H groups in total. The van der Waals surface area contributed by atoms with Crippen LogP contribution in [0.25, 0.3) is 6.08 Å². The summed E-state index contributed by atoms with van der Waals surface area (Å²) in [6.07, 6.45) is 5.07. The topological polar surface area (TPSA) is 59.4 Å². The van der Waals surface area contributed by atoms with E-state index in [1.54, 1.807) is 18.3 Å². The van der Waals surface area contributed by atoms with Gasteiger partial charge in [0.05, 0.1) is 0 Å². The van der Waals surface area contributed by atoms with Crippen molar-refractivity contribution >= 4 is 12.0 Å². The summed E-state index contributed by atoms with van der Waals surface area (Å²) in [6, 6.07) is 11.3. The van der Waals surface area contributed by atoms with Crippen molar-refractivity contribution in [1.82, 2.24) is 4.98 Å². The number of carboxylic acids is 1. The van der Waals surface area contributed by atoms with E-state index in [0.29, 0.717) is 11.4 Å². The van der Waals surface area contributed by atoms with Crippen LogP contribution in [0.5, 0.6) is 11.6 Å². The summed E-state index contributed by atoms with van der Waals surface area (Å²) in [5.41, 5.74) is 1.91. The van der Waals surface area contributed by atoms with Gasteiger partial charge in [0.2, 0.25) is 5.88 Å². The van der Waals surface area contributed by atoms with Crippen molar-refractivity contribution in [2.75, 3.05) is 0 Å². The van der Waals surface area contributed by atoms with Crippen molar-refractivity contribution in [2.45, 2.75) is 13.3 Å². The normalized spacial score (nSPS) is 10.7. The Morgan fingerprint density at radius 2 is 2.20 bits per heavy atom. The summed E-state index contributed by atoms with van der Waals surface area (Å²) >= 11 is 0. The molecular formula is C16H15NO3. The van der Waals surface area contributed by atoms with Crippen molar-refractivity contribution in [2.24, 2.45) is 0 Å². The minimum Gasteiger partial charge on any atom is -0.478 e. The number of pyridine rings is 1. The zero-order valence-electron chi connectivity index (χ0n) is 11.1. The number of benzene rings is 1. The largest absolute Gasteiger partial charge is 0.478 e. The van der Waals surface area contributed by atoms with Crippen molar-refractivity contribution < 1.29 is 14.6 Å². The van der Waals surface area contributed by atoms with Crippen LogP contribution in [0, 0.1) is 0 Å². The molecular weight excluding hydrogens is 254 g/mol. The van der Waals surface area contributed by atoms with E-state index in [1.807, 2.05) is 24.3 Å². The molecule has 4 heteroatoms. The van der Waals surface area contributed by atoms with Crippen molar-refractivity contribution in [1.29, 1.82) is 0 Å². The highest BCUT2D eigenvalue weighted by atomic mass is 16.5. The average Bonchev–Trinajstić information content (AvgIpc) is 2.47. The zero-order chi connectivity index (χ0) is 14.4. The number of carbonyl (C=O) groups is 1. The van der Waals surface area contributed by atoms with Crippen LogP contribution in [0.3, 0.4) is 0 Å². The van der Waals surface area contributed by atoms with E-state index in [4.69, 9.17) is 9.84 Å². The predicted molar refractivity (Wildman–Crippen MR) is 76.8 cm³/mol. The molecule has 0 fully saturated rings. The Morgan fingerprint density at radius 3 is 2.85 bits per heavy atom. The Morgan fingerprint density at radius 1 is 1.35 bits per heavy atom. The SMILES string of the molecule is CCc1cccc(Oc2ccc(/C=C/C(=O)O)cn2)c1. The van der Waals surface area contributed by atoms with Gasteiger partial charge in [0.1, 0.15) is 5.75 Å². The molecule has 0 spiro atoms. The molecule has 2 rings (SSSR count). The highest BCUT2D eigenvalue weighted by Gasteiger charge is 1.99. The van der Waals surface area contributed by atoms with E-state index in [1.165, 1.54) is 11.6 Å². The Balaban J connectivity index is 2.08. The number of aliphatic carboxylic acids is 1. The summed E-state index contributed by atoms with van der Waals surface area (Å²) in [6.45, 7) is 2.08. The lowest BCUT2D eigenvalue weighted by molar-refractivity contribution is -0.131. The molecule has 102 valence electrons. The molecule has 2 aromatic rings. The van der Waals surface area contributed by atoms with E-state index in [9.17, 15) is 4.79 Å². The lowest BCUT2D eigenvalue weighted by atomic mass is 10.2. The van der Waals surface area contributed by atoms with Crippen molar-refractivity contribution in [3.05, 3.63) is 59.8 Å². The molecule has 0 aliphatic heterocycles. The number of hydrogen-bond donors (Lipinski definition) is 1. The highest BCUT2D eigenvalue weighted by Crippen LogP contribution is 2.21. The Bertz CT molecular complexity index is 618. The van der Waals surface area contributed by atoms with Crippen LogP contribution >= 0.6 is 0 Å². The first-order chi connectivity index (χ1) is 9.67. The lowest BCUT2D eigenvalue weighted by Gasteiger charge is -2.06. The maximum Gasteiger partial charge on any atom is 0.328 e. The predicted octanol–water partition coefficient (Wildman–Crippen LogP) is 3.53. The lowest BCUT2D eigenvalue weighted by Crippen LogP contribution is -1.90. The quantitative estimate of drug-likeness (QED) is 0.843. The molecule has 0 unspecified atom stereocenters. The second kappa shape index (κ2) is 6.52. The fraction of sp³-hybridized carbons (Fsp3) is 0.125. The second-order valence-corrected chi connectivity index (χ2v) is 4.20. The monoisotopic (exact) mass is 269 g/mol. The smallest absolute Gasteiger partial charge is 0.328 e. The molecule has 0 saturated heterocycles. The van der Waals surface area contributed by atoms with E-state index in [2.05, 4.69) is 11.9 Å². The summed E-state index contributed by atoms with van der Waals surface area (Å²) in [4.78, 5) is 14.6. The first-order valence-corrected chi connectivity index (χ1v) is 6.31. The number of hydrogen-bond acceptors (Lipinski definition) is 3. The number of nitrogens with zero attached hydrogens (tertiary/aromatic N) is 1. The van der Waals surface area contributed by atoms with Crippen LogP contribution in [-0.2, 0) is 11.2 Å². The van der Waals surface area contributed by atoms with Gasteiger partial charge in [0.15, 0.2) is 0 Å². The van der Waals surface area contributed by atoms with Gasteiger partial charge < -0.3 is 9.84 Å². The number of ether oxygens (including phenoxy) is 1. The Hall–Kier alpha value is -2.62. The first-order valence-electron chi connectivity index (χ1n) is 6.31. The van der Waals surface area contributed by atoms with Gasteiger partial charge in [-0.15, -0.1) is 0 Å². The van der Waals surface area contributed by atoms with Crippen LogP contribution in [0.1, 0.15) is 18.1 Å². The number of aromatic nitrogens is 1. The van der Waals surface area contributed by atoms with E-state index < -0.39 is 5.97 Å².